The van der Waals surface area contributed by atoms with Gasteiger partial charge >= 0.3 is 0 Å². The third kappa shape index (κ3) is 3.86. The molecular formula is C14H17ClN2O. The second kappa shape index (κ2) is 6.57. The van der Waals surface area contributed by atoms with Gasteiger partial charge in [-0.3, -0.25) is 4.98 Å². The Hall–Kier alpha value is -1.32. The Balaban J connectivity index is 1.77. The summed E-state index contributed by atoms with van der Waals surface area (Å²) in [6.07, 6.45) is 6.30. The van der Waals surface area contributed by atoms with Crippen LogP contribution >= 0.6 is 11.6 Å². The number of aromatic nitrogens is 1. The Labute approximate surface area is 112 Å². The van der Waals surface area contributed by atoms with E-state index in [1.54, 1.807) is 6.26 Å². The summed E-state index contributed by atoms with van der Waals surface area (Å²) in [6.45, 7) is 1.74. The third-order valence-corrected chi connectivity index (χ3v) is 3.21. The fourth-order valence-corrected chi connectivity index (χ4v) is 2.15. The molecule has 96 valence electrons. The number of alkyl halides is 1. The normalized spacial score (nSPS) is 12.8. The molecule has 0 aliphatic carbocycles. The number of pyridine rings is 1. The largest absolute Gasteiger partial charge is 0.468 e. The van der Waals surface area contributed by atoms with Crippen molar-refractivity contribution < 1.29 is 4.42 Å². The predicted octanol–water partition coefficient (Wildman–Crippen LogP) is 3.13. The highest BCUT2D eigenvalue weighted by Crippen LogP contribution is 2.21. The number of rotatable bonds is 6. The maximum Gasteiger partial charge on any atom is 0.122 e. The molecule has 0 bridgehead atoms. The molecule has 2 rings (SSSR count). The van der Waals surface area contributed by atoms with E-state index in [9.17, 15) is 0 Å². The summed E-state index contributed by atoms with van der Waals surface area (Å²) in [5.41, 5.74) is 1.29. The van der Waals surface area contributed by atoms with Crippen LogP contribution < -0.4 is 0 Å². The Morgan fingerprint density at radius 1 is 1.33 bits per heavy atom. The SMILES string of the molecule is CN(CCc1ccncc1)CC(Cl)c1ccco1. The van der Waals surface area contributed by atoms with Crippen LogP contribution in [0.3, 0.4) is 0 Å². The lowest BCUT2D eigenvalue weighted by molar-refractivity contribution is 0.325. The lowest BCUT2D eigenvalue weighted by atomic mass is 10.2. The number of hydrogen-bond acceptors (Lipinski definition) is 3. The first-order chi connectivity index (χ1) is 8.75. The van der Waals surface area contributed by atoms with Gasteiger partial charge in [0.05, 0.1) is 6.26 Å². The fourth-order valence-electron chi connectivity index (χ4n) is 1.79. The molecule has 0 radical (unpaired) electrons. The number of halogens is 1. The minimum atomic E-state index is -0.0950. The quantitative estimate of drug-likeness (QED) is 0.751. The second-order valence-electron chi connectivity index (χ2n) is 4.35. The first kappa shape index (κ1) is 13.1. The van der Waals surface area contributed by atoms with E-state index in [1.165, 1.54) is 5.56 Å². The zero-order chi connectivity index (χ0) is 12.8. The van der Waals surface area contributed by atoms with Crippen molar-refractivity contribution in [1.29, 1.82) is 0 Å². The maximum absolute atomic E-state index is 6.28. The molecule has 0 fully saturated rings. The molecule has 0 spiro atoms. The second-order valence-corrected chi connectivity index (χ2v) is 4.88. The van der Waals surface area contributed by atoms with Gasteiger partial charge in [-0.2, -0.15) is 0 Å². The zero-order valence-electron chi connectivity index (χ0n) is 10.4. The molecule has 0 saturated heterocycles. The van der Waals surface area contributed by atoms with Gasteiger partial charge in [0.25, 0.3) is 0 Å². The van der Waals surface area contributed by atoms with E-state index < -0.39 is 0 Å². The van der Waals surface area contributed by atoms with Crippen molar-refractivity contribution in [3.8, 4) is 0 Å². The lowest BCUT2D eigenvalue weighted by Crippen LogP contribution is -2.25. The summed E-state index contributed by atoms with van der Waals surface area (Å²) in [5.74, 6) is 0.826. The van der Waals surface area contributed by atoms with Crippen LogP contribution in [0.5, 0.6) is 0 Å². The van der Waals surface area contributed by atoms with Gasteiger partial charge in [0, 0.05) is 25.5 Å². The van der Waals surface area contributed by atoms with Crippen LogP contribution in [0, 0.1) is 0 Å². The molecule has 2 aromatic rings. The third-order valence-electron chi connectivity index (χ3n) is 2.86. The molecule has 1 atom stereocenters. The van der Waals surface area contributed by atoms with Crippen LogP contribution in [0.1, 0.15) is 16.7 Å². The molecule has 4 heteroatoms. The molecule has 0 aliphatic rings. The molecule has 1 unspecified atom stereocenters. The molecule has 2 heterocycles. The van der Waals surface area contributed by atoms with Gasteiger partial charge in [-0.25, -0.2) is 0 Å². The lowest BCUT2D eigenvalue weighted by Gasteiger charge is -2.18. The smallest absolute Gasteiger partial charge is 0.122 e. The Morgan fingerprint density at radius 3 is 2.78 bits per heavy atom. The van der Waals surface area contributed by atoms with E-state index in [1.807, 2.05) is 36.7 Å². The number of likely N-dealkylation sites (N-methyl/N-ethyl adjacent to an activating group) is 1. The van der Waals surface area contributed by atoms with Crippen LogP contribution in [-0.4, -0.2) is 30.0 Å². The molecule has 0 N–H and O–H groups in total. The summed E-state index contributed by atoms with van der Waals surface area (Å²) >= 11 is 6.28. The highest BCUT2D eigenvalue weighted by atomic mass is 35.5. The topological polar surface area (TPSA) is 29.3 Å². The minimum Gasteiger partial charge on any atom is -0.468 e. The molecule has 3 nitrogen and oxygen atoms in total. The molecule has 2 aromatic heterocycles. The summed E-state index contributed by atoms with van der Waals surface area (Å²) < 4.78 is 5.29. The standard InChI is InChI=1S/C14H17ClN2O/c1-17(9-6-12-4-7-16-8-5-12)11-13(15)14-3-2-10-18-14/h2-5,7-8,10,13H,6,9,11H2,1H3. The van der Waals surface area contributed by atoms with Crippen molar-refractivity contribution in [2.45, 2.75) is 11.8 Å². The van der Waals surface area contributed by atoms with Crippen LogP contribution in [-0.2, 0) is 6.42 Å². The van der Waals surface area contributed by atoms with E-state index in [-0.39, 0.29) is 5.38 Å². The summed E-state index contributed by atoms with van der Waals surface area (Å²) in [4.78, 5) is 6.22. The zero-order valence-corrected chi connectivity index (χ0v) is 11.2. The van der Waals surface area contributed by atoms with E-state index in [0.29, 0.717) is 0 Å². The van der Waals surface area contributed by atoms with Crippen molar-refractivity contribution in [3.63, 3.8) is 0 Å². The van der Waals surface area contributed by atoms with E-state index in [0.717, 1.165) is 25.3 Å². The van der Waals surface area contributed by atoms with Gasteiger partial charge in [-0.15, -0.1) is 11.6 Å². The van der Waals surface area contributed by atoms with Crippen LogP contribution in [0.4, 0.5) is 0 Å². The van der Waals surface area contributed by atoms with Gasteiger partial charge in [0.2, 0.25) is 0 Å². The van der Waals surface area contributed by atoms with Gasteiger partial charge in [0.15, 0.2) is 0 Å². The highest BCUT2D eigenvalue weighted by Gasteiger charge is 2.13. The van der Waals surface area contributed by atoms with Crippen LogP contribution in [0.15, 0.2) is 47.3 Å². The van der Waals surface area contributed by atoms with Crippen molar-refractivity contribution in [3.05, 3.63) is 54.2 Å². The van der Waals surface area contributed by atoms with Crippen molar-refractivity contribution in [2.75, 3.05) is 20.1 Å². The molecule has 0 aromatic carbocycles. The van der Waals surface area contributed by atoms with Crippen molar-refractivity contribution >= 4 is 11.6 Å². The van der Waals surface area contributed by atoms with E-state index in [2.05, 4.69) is 16.9 Å². The molecule has 0 amide bonds. The Morgan fingerprint density at radius 2 is 2.11 bits per heavy atom. The molecule has 0 saturated carbocycles. The number of nitrogens with zero attached hydrogens (tertiary/aromatic N) is 2. The van der Waals surface area contributed by atoms with E-state index in [4.69, 9.17) is 16.0 Å². The van der Waals surface area contributed by atoms with Gasteiger partial charge in [-0.05, 0) is 43.3 Å². The first-order valence-corrected chi connectivity index (χ1v) is 6.44. The van der Waals surface area contributed by atoms with Crippen LogP contribution in [0.2, 0.25) is 0 Å². The molecule has 18 heavy (non-hydrogen) atoms. The molecule has 0 aliphatic heterocycles. The average Bonchev–Trinajstić information content (AvgIpc) is 2.91. The van der Waals surface area contributed by atoms with Gasteiger partial charge in [-0.1, -0.05) is 0 Å². The van der Waals surface area contributed by atoms with Crippen molar-refractivity contribution in [1.82, 2.24) is 9.88 Å². The fraction of sp³-hybridized carbons (Fsp3) is 0.357. The maximum atomic E-state index is 6.28. The van der Waals surface area contributed by atoms with Gasteiger partial charge < -0.3 is 9.32 Å². The Bertz CT molecular complexity index is 444. The summed E-state index contributed by atoms with van der Waals surface area (Å²) in [7, 11) is 2.07. The first-order valence-electron chi connectivity index (χ1n) is 6.00. The summed E-state index contributed by atoms with van der Waals surface area (Å²) in [5, 5.41) is -0.0950. The minimum absolute atomic E-state index is 0.0950. The number of hydrogen-bond donors (Lipinski definition) is 0. The predicted molar refractivity (Wildman–Crippen MR) is 72.7 cm³/mol. The van der Waals surface area contributed by atoms with Crippen molar-refractivity contribution in [2.24, 2.45) is 0 Å². The highest BCUT2D eigenvalue weighted by molar-refractivity contribution is 6.20. The van der Waals surface area contributed by atoms with Gasteiger partial charge in [0.1, 0.15) is 11.1 Å². The summed E-state index contributed by atoms with van der Waals surface area (Å²) in [6, 6.07) is 7.85. The number of furan rings is 1. The average molecular weight is 265 g/mol. The monoisotopic (exact) mass is 264 g/mol. The van der Waals surface area contributed by atoms with E-state index >= 15 is 0 Å². The Kier molecular flexibility index (Phi) is 4.79. The van der Waals surface area contributed by atoms with Crippen LogP contribution in [0.25, 0.3) is 0 Å². The molecular weight excluding hydrogens is 248 g/mol.